The summed E-state index contributed by atoms with van der Waals surface area (Å²) in [7, 11) is 1.60. The fraction of sp³-hybridized carbons (Fsp3) is 0.190. The Morgan fingerprint density at radius 1 is 0.966 bits per heavy atom. The van der Waals surface area contributed by atoms with Crippen LogP contribution in [0.1, 0.15) is 33.0 Å². The number of carbonyl (C=O) groups excluding carboxylic acids is 3. The van der Waals surface area contributed by atoms with E-state index in [0.717, 1.165) is 4.90 Å². The SMILES string of the molecule is Cn1c(CNC(=O)CCN2C(=O)c3ccccc3C2=O)nc2ccccc2c1=O. The summed E-state index contributed by atoms with van der Waals surface area (Å²) in [6.45, 7) is 0.0553. The van der Waals surface area contributed by atoms with Crippen LogP contribution in [-0.2, 0) is 18.4 Å². The zero-order valence-corrected chi connectivity index (χ0v) is 15.7. The number of nitrogens with zero attached hydrogens (tertiary/aromatic N) is 3. The van der Waals surface area contributed by atoms with Crippen LogP contribution in [0.15, 0.2) is 53.3 Å². The number of aromatic nitrogens is 2. The predicted octanol–water partition coefficient (Wildman–Crippen LogP) is 1.24. The molecule has 0 saturated carbocycles. The van der Waals surface area contributed by atoms with E-state index < -0.39 is 11.8 Å². The first-order valence-corrected chi connectivity index (χ1v) is 9.14. The number of para-hydroxylation sites is 1. The van der Waals surface area contributed by atoms with Crippen LogP contribution < -0.4 is 10.9 Å². The molecule has 2 aromatic carbocycles. The molecule has 0 aliphatic carbocycles. The van der Waals surface area contributed by atoms with E-state index in [0.29, 0.717) is 27.9 Å². The molecule has 3 amide bonds. The van der Waals surface area contributed by atoms with Gasteiger partial charge in [-0.1, -0.05) is 24.3 Å². The number of rotatable bonds is 5. The maximum atomic E-state index is 12.4. The van der Waals surface area contributed by atoms with Crippen molar-refractivity contribution in [3.05, 3.63) is 75.8 Å². The number of fused-ring (bicyclic) bond motifs is 2. The quantitative estimate of drug-likeness (QED) is 0.661. The summed E-state index contributed by atoms with van der Waals surface area (Å²) in [4.78, 5) is 54.8. The lowest BCUT2D eigenvalue weighted by molar-refractivity contribution is -0.121. The fourth-order valence-corrected chi connectivity index (χ4v) is 3.34. The van der Waals surface area contributed by atoms with E-state index >= 15 is 0 Å². The van der Waals surface area contributed by atoms with Gasteiger partial charge < -0.3 is 5.32 Å². The summed E-state index contributed by atoms with van der Waals surface area (Å²) in [6.07, 6.45) is -0.0347. The minimum Gasteiger partial charge on any atom is -0.349 e. The highest BCUT2D eigenvalue weighted by Crippen LogP contribution is 2.22. The summed E-state index contributed by atoms with van der Waals surface area (Å²) in [6, 6.07) is 13.6. The lowest BCUT2D eigenvalue weighted by atomic mass is 10.1. The van der Waals surface area contributed by atoms with Crippen molar-refractivity contribution in [3.8, 4) is 0 Å². The number of carbonyl (C=O) groups is 3. The van der Waals surface area contributed by atoms with Gasteiger partial charge in [-0.25, -0.2) is 4.98 Å². The van der Waals surface area contributed by atoms with Crippen LogP contribution in [0.3, 0.4) is 0 Å². The van der Waals surface area contributed by atoms with E-state index in [4.69, 9.17) is 0 Å². The molecular weight excluding hydrogens is 372 g/mol. The molecule has 8 heteroatoms. The third-order valence-corrected chi connectivity index (χ3v) is 4.96. The van der Waals surface area contributed by atoms with Gasteiger partial charge in [0.1, 0.15) is 5.82 Å². The van der Waals surface area contributed by atoms with Crippen molar-refractivity contribution >= 4 is 28.6 Å². The molecule has 1 N–H and O–H groups in total. The number of nitrogens with one attached hydrogen (secondary N) is 1. The summed E-state index contributed by atoms with van der Waals surface area (Å²) < 4.78 is 1.40. The molecule has 0 radical (unpaired) electrons. The van der Waals surface area contributed by atoms with Gasteiger partial charge in [-0.05, 0) is 24.3 Å². The summed E-state index contributed by atoms with van der Waals surface area (Å²) >= 11 is 0. The van der Waals surface area contributed by atoms with Gasteiger partial charge >= 0.3 is 0 Å². The van der Waals surface area contributed by atoms with Crippen molar-refractivity contribution in [1.29, 1.82) is 0 Å². The third kappa shape index (κ3) is 3.29. The Balaban J connectivity index is 1.40. The molecular formula is C21H18N4O4. The highest BCUT2D eigenvalue weighted by atomic mass is 16.2. The molecule has 8 nitrogen and oxygen atoms in total. The van der Waals surface area contributed by atoms with Gasteiger partial charge in [0.2, 0.25) is 5.91 Å². The Morgan fingerprint density at radius 2 is 1.59 bits per heavy atom. The molecule has 0 unspecified atom stereocenters. The minimum atomic E-state index is -0.392. The van der Waals surface area contributed by atoms with Crippen molar-refractivity contribution in [2.45, 2.75) is 13.0 Å². The number of amides is 3. The molecule has 1 aromatic heterocycles. The van der Waals surface area contributed by atoms with E-state index in [9.17, 15) is 19.2 Å². The first-order chi connectivity index (χ1) is 14.0. The van der Waals surface area contributed by atoms with Gasteiger partial charge in [0, 0.05) is 20.0 Å². The van der Waals surface area contributed by atoms with Crippen molar-refractivity contribution in [3.63, 3.8) is 0 Å². The highest BCUT2D eigenvalue weighted by Gasteiger charge is 2.34. The topological polar surface area (TPSA) is 101 Å². The van der Waals surface area contributed by atoms with E-state index in [1.807, 2.05) is 0 Å². The van der Waals surface area contributed by atoms with Crippen LogP contribution in [0.5, 0.6) is 0 Å². The van der Waals surface area contributed by atoms with Crippen LogP contribution >= 0.6 is 0 Å². The Labute approximate surface area is 165 Å². The molecule has 29 heavy (non-hydrogen) atoms. The normalized spacial score (nSPS) is 13.1. The zero-order chi connectivity index (χ0) is 20.5. The average molecular weight is 390 g/mol. The van der Waals surface area contributed by atoms with Crippen molar-refractivity contribution < 1.29 is 14.4 Å². The first kappa shape index (κ1) is 18.5. The van der Waals surface area contributed by atoms with E-state index in [1.54, 1.807) is 55.6 Å². The van der Waals surface area contributed by atoms with Gasteiger partial charge in [0.05, 0.1) is 28.6 Å². The van der Waals surface area contributed by atoms with Gasteiger partial charge in [-0.3, -0.25) is 28.6 Å². The van der Waals surface area contributed by atoms with Gasteiger partial charge in [0.25, 0.3) is 17.4 Å². The van der Waals surface area contributed by atoms with E-state index in [2.05, 4.69) is 10.3 Å². The summed E-state index contributed by atoms with van der Waals surface area (Å²) in [5.74, 6) is -0.708. The monoisotopic (exact) mass is 390 g/mol. The standard InChI is InChI=1S/C21H18N4O4/c1-24-17(23-16-9-5-4-8-15(16)19(24)27)12-22-18(26)10-11-25-20(28)13-6-2-3-7-14(13)21(25)29/h2-9H,10-12H2,1H3,(H,22,26). The number of hydrogen-bond donors (Lipinski definition) is 1. The third-order valence-electron chi connectivity index (χ3n) is 4.96. The average Bonchev–Trinajstić information content (AvgIpc) is 2.98. The number of benzene rings is 2. The van der Waals surface area contributed by atoms with Crippen LogP contribution in [0, 0.1) is 0 Å². The molecule has 4 rings (SSSR count). The smallest absolute Gasteiger partial charge is 0.261 e. The second-order valence-electron chi connectivity index (χ2n) is 6.74. The predicted molar refractivity (Wildman–Crippen MR) is 105 cm³/mol. The van der Waals surface area contributed by atoms with Crippen LogP contribution in [-0.4, -0.2) is 38.7 Å². The molecule has 0 saturated heterocycles. The molecule has 1 aliphatic heterocycles. The molecule has 0 bridgehead atoms. The minimum absolute atomic E-state index is 0.0116. The van der Waals surface area contributed by atoms with Gasteiger partial charge in [-0.2, -0.15) is 0 Å². The Kier molecular flexibility index (Phi) is 4.67. The molecule has 0 atom stereocenters. The van der Waals surface area contributed by atoms with E-state index in [1.165, 1.54) is 4.57 Å². The Morgan fingerprint density at radius 3 is 2.28 bits per heavy atom. The van der Waals surface area contributed by atoms with Crippen LogP contribution in [0.4, 0.5) is 0 Å². The molecule has 3 aromatic rings. The lowest BCUT2D eigenvalue weighted by Crippen LogP contribution is -2.35. The second kappa shape index (κ2) is 7.31. The fourth-order valence-electron chi connectivity index (χ4n) is 3.34. The highest BCUT2D eigenvalue weighted by molar-refractivity contribution is 6.21. The van der Waals surface area contributed by atoms with E-state index in [-0.39, 0.29) is 31.0 Å². The molecule has 2 heterocycles. The van der Waals surface area contributed by atoms with Crippen LogP contribution in [0.2, 0.25) is 0 Å². The van der Waals surface area contributed by atoms with Gasteiger partial charge in [0.15, 0.2) is 0 Å². The molecule has 0 spiro atoms. The maximum absolute atomic E-state index is 12.4. The second-order valence-corrected chi connectivity index (χ2v) is 6.74. The molecule has 1 aliphatic rings. The molecule has 146 valence electrons. The Bertz CT molecular complexity index is 1180. The lowest BCUT2D eigenvalue weighted by Gasteiger charge is -2.14. The zero-order valence-electron chi connectivity index (χ0n) is 15.7. The van der Waals surface area contributed by atoms with Crippen molar-refractivity contribution in [1.82, 2.24) is 19.8 Å². The summed E-state index contributed by atoms with van der Waals surface area (Å²) in [5.41, 5.74) is 1.08. The van der Waals surface area contributed by atoms with Crippen molar-refractivity contribution in [2.75, 3.05) is 6.54 Å². The van der Waals surface area contributed by atoms with Crippen LogP contribution in [0.25, 0.3) is 10.9 Å². The largest absolute Gasteiger partial charge is 0.349 e. The Hall–Kier alpha value is -3.81. The van der Waals surface area contributed by atoms with Crippen molar-refractivity contribution in [2.24, 2.45) is 7.05 Å². The van der Waals surface area contributed by atoms with Gasteiger partial charge in [-0.15, -0.1) is 0 Å². The maximum Gasteiger partial charge on any atom is 0.261 e. The summed E-state index contributed by atoms with van der Waals surface area (Å²) in [5, 5.41) is 3.21. The first-order valence-electron chi connectivity index (χ1n) is 9.14. The number of imide groups is 1. The number of hydrogen-bond acceptors (Lipinski definition) is 5. The molecule has 0 fully saturated rings.